The number of para-hydroxylation sites is 1. The van der Waals surface area contributed by atoms with Gasteiger partial charge in [-0.25, -0.2) is 4.79 Å². The number of rotatable bonds is 4. The number of methoxy groups -OCH3 is 2. The molecule has 7 heteroatoms. The highest BCUT2D eigenvalue weighted by molar-refractivity contribution is 5.93. The third-order valence-electron chi connectivity index (χ3n) is 3.38. The molecule has 0 atom stereocenters. The van der Waals surface area contributed by atoms with E-state index in [-0.39, 0.29) is 0 Å². The summed E-state index contributed by atoms with van der Waals surface area (Å²) in [4.78, 5) is 12.0. The molecule has 0 aliphatic heterocycles. The van der Waals surface area contributed by atoms with E-state index >= 15 is 0 Å². The molecule has 3 aromatic rings. The fourth-order valence-electron chi connectivity index (χ4n) is 2.32. The van der Waals surface area contributed by atoms with Crippen molar-refractivity contribution in [3.8, 4) is 28.3 Å². The first-order chi connectivity index (χ1) is 11.2. The number of ether oxygens (including phenoxy) is 2. The summed E-state index contributed by atoms with van der Waals surface area (Å²) >= 11 is 0. The van der Waals surface area contributed by atoms with Crippen molar-refractivity contribution in [2.75, 3.05) is 14.2 Å². The van der Waals surface area contributed by atoms with Crippen LogP contribution in [0.3, 0.4) is 0 Å². The van der Waals surface area contributed by atoms with E-state index < -0.39 is 5.97 Å². The maximum Gasteiger partial charge on any atom is 0.337 e. The highest BCUT2D eigenvalue weighted by atomic mass is 16.5. The normalized spacial score (nSPS) is 10.3. The van der Waals surface area contributed by atoms with Crippen LogP contribution in [0.4, 0.5) is 0 Å². The lowest BCUT2D eigenvalue weighted by molar-refractivity contribution is 0.0601. The van der Waals surface area contributed by atoms with Gasteiger partial charge in [-0.15, -0.1) is 10.2 Å². The second-order valence-electron chi connectivity index (χ2n) is 4.73. The monoisotopic (exact) mass is 310 g/mol. The van der Waals surface area contributed by atoms with Gasteiger partial charge in [0, 0.05) is 11.1 Å². The van der Waals surface area contributed by atoms with E-state index in [2.05, 4.69) is 20.6 Å². The number of esters is 1. The molecular weight excluding hydrogens is 296 g/mol. The second-order valence-corrected chi connectivity index (χ2v) is 4.73. The van der Waals surface area contributed by atoms with Gasteiger partial charge in [0.1, 0.15) is 5.75 Å². The molecule has 0 fully saturated rings. The minimum Gasteiger partial charge on any atom is -0.496 e. The quantitative estimate of drug-likeness (QED) is 0.744. The molecule has 0 aliphatic carbocycles. The van der Waals surface area contributed by atoms with Crippen molar-refractivity contribution in [3.63, 3.8) is 0 Å². The molecule has 0 amide bonds. The number of aromatic nitrogens is 4. The number of nitrogens with zero attached hydrogens (tertiary/aromatic N) is 3. The number of aromatic amines is 1. The van der Waals surface area contributed by atoms with E-state index in [1.54, 1.807) is 19.2 Å². The van der Waals surface area contributed by atoms with Crippen LogP contribution in [0.2, 0.25) is 0 Å². The van der Waals surface area contributed by atoms with E-state index in [9.17, 15) is 4.79 Å². The Morgan fingerprint density at radius 3 is 2.57 bits per heavy atom. The molecule has 0 saturated carbocycles. The zero-order valence-corrected chi connectivity index (χ0v) is 12.6. The Balaban J connectivity index is 2.20. The molecule has 0 spiro atoms. The fourth-order valence-corrected chi connectivity index (χ4v) is 2.32. The van der Waals surface area contributed by atoms with Gasteiger partial charge in [-0.1, -0.05) is 18.2 Å². The number of tetrazole rings is 1. The number of H-pyrrole nitrogens is 1. The molecule has 0 aliphatic rings. The summed E-state index contributed by atoms with van der Waals surface area (Å²) in [5, 5.41) is 13.9. The number of hydrogen-bond donors (Lipinski definition) is 1. The zero-order chi connectivity index (χ0) is 16.2. The topological polar surface area (TPSA) is 90.0 Å². The first-order valence-electron chi connectivity index (χ1n) is 6.83. The molecule has 0 radical (unpaired) electrons. The predicted octanol–water partition coefficient (Wildman–Crippen LogP) is 2.33. The Morgan fingerprint density at radius 2 is 1.87 bits per heavy atom. The van der Waals surface area contributed by atoms with Gasteiger partial charge in [-0.3, -0.25) is 0 Å². The summed E-state index contributed by atoms with van der Waals surface area (Å²) in [5.41, 5.74) is 2.70. The average Bonchev–Trinajstić information content (AvgIpc) is 3.15. The van der Waals surface area contributed by atoms with Gasteiger partial charge in [0.25, 0.3) is 0 Å². The molecular formula is C16H14N4O3. The Kier molecular flexibility index (Phi) is 4.01. The molecule has 0 saturated heterocycles. The summed E-state index contributed by atoms with van der Waals surface area (Å²) in [6, 6.07) is 12.8. The van der Waals surface area contributed by atoms with Crippen LogP contribution < -0.4 is 4.74 Å². The molecule has 23 heavy (non-hydrogen) atoms. The van der Waals surface area contributed by atoms with Crippen molar-refractivity contribution in [3.05, 3.63) is 48.0 Å². The van der Waals surface area contributed by atoms with Crippen molar-refractivity contribution in [2.24, 2.45) is 0 Å². The van der Waals surface area contributed by atoms with E-state index in [1.165, 1.54) is 7.11 Å². The number of nitrogens with one attached hydrogen (secondary N) is 1. The smallest absolute Gasteiger partial charge is 0.337 e. The third-order valence-corrected chi connectivity index (χ3v) is 3.38. The molecule has 3 rings (SSSR count). The molecule has 1 heterocycles. The molecule has 1 aromatic heterocycles. The van der Waals surface area contributed by atoms with Crippen LogP contribution in [-0.2, 0) is 4.74 Å². The summed E-state index contributed by atoms with van der Waals surface area (Å²) in [6.07, 6.45) is 0. The SMILES string of the molecule is COC(=O)c1cc(-c2nn[nH]n2)cc(-c2ccccc2OC)c1. The van der Waals surface area contributed by atoms with E-state index in [4.69, 9.17) is 9.47 Å². The minimum atomic E-state index is -0.438. The highest BCUT2D eigenvalue weighted by Gasteiger charge is 2.15. The van der Waals surface area contributed by atoms with E-state index in [0.29, 0.717) is 22.7 Å². The van der Waals surface area contributed by atoms with Gasteiger partial charge in [0.15, 0.2) is 0 Å². The van der Waals surface area contributed by atoms with Gasteiger partial charge in [-0.2, -0.15) is 5.21 Å². The van der Waals surface area contributed by atoms with Gasteiger partial charge in [-0.05, 0) is 35.0 Å². The first-order valence-corrected chi connectivity index (χ1v) is 6.83. The molecule has 116 valence electrons. The van der Waals surface area contributed by atoms with Crippen molar-refractivity contribution in [2.45, 2.75) is 0 Å². The fraction of sp³-hybridized carbons (Fsp3) is 0.125. The number of carbonyl (C=O) groups excluding carboxylic acids is 1. The highest BCUT2D eigenvalue weighted by Crippen LogP contribution is 2.32. The van der Waals surface area contributed by atoms with E-state index in [0.717, 1.165) is 11.1 Å². The van der Waals surface area contributed by atoms with Crippen LogP contribution in [0, 0.1) is 0 Å². The van der Waals surface area contributed by atoms with Gasteiger partial charge in [0.2, 0.25) is 5.82 Å². The number of benzene rings is 2. The van der Waals surface area contributed by atoms with Crippen LogP contribution in [0.25, 0.3) is 22.5 Å². The van der Waals surface area contributed by atoms with Crippen LogP contribution >= 0.6 is 0 Å². The Labute approximate surface area is 132 Å². The lowest BCUT2D eigenvalue weighted by atomic mass is 9.98. The largest absolute Gasteiger partial charge is 0.496 e. The standard InChI is InChI=1S/C16H14N4O3/c1-22-14-6-4-3-5-13(14)10-7-11(15-17-19-20-18-15)9-12(8-10)16(21)23-2/h3-9H,1-2H3,(H,17,18,19,20). The average molecular weight is 310 g/mol. The van der Waals surface area contributed by atoms with Crippen molar-refractivity contribution in [1.82, 2.24) is 20.6 Å². The lowest BCUT2D eigenvalue weighted by Gasteiger charge is -2.11. The number of carbonyl (C=O) groups is 1. The Hall–Kier alpha value is -3.22. The first kappa shape index (κ1) is 14.7. The molecule has 0 bridgehead atoms. The van der Waals surface area contributed by atoms with Crippen LogP contribution in [0.15, 0.2) is 42.5 Å². The third kappa shape index (κ3) is 2.89. The summed E-state index contributed by atoms with van der Waals surface area (Å²) in [5.74, 6) is 0.659. The van der Waals surface area contributed by atoms with Gasteiger partial charge >= 0.3 is 5.97 Å². The van der Waals surface area contributed by atoms with Crippen LogP contribution in [0.5, 0.6) is 5.75 Å². The van der Waals surface area contributed by atoms with Gasteiger partial charge in [0.05, 0.1) is 19.8 Å². The zero-order valence-electron chi connectivity index (χ0n) is 12.6. The summed E-state index contributed by atoms with van der Waals surface area (Å²) < 4.78 is 10.2. The lowest BCUT2D eigenvalue weighted by Crippen LogP contribution is -2.02. The van der Waals surface area contributed by atoms with Crippen molar-refractivity contribution in [1.29, 1.82) is 0 Å². The summed E-state index contributed by atoms with van der Waals surface area (Å²) in [7, 11) is 2.94. The molecule has 0 unspecified atom stereocenters. The maximum absolute atomic E-state index is 12.0. The number of hydrogen-bond acceptors (Lipinski definition) is 6. The second kappa shape index (κ2) is 6.27. The molecule has 2 aromatic carbocycles. The van der Waals surface area contributed by atoms with Crippen molar-refractivity contribution < 1.29 is 14.3 Å². The maximum atomic E-state index is 12.0. The molecule has 7 nitrogen and oxygen atoms in total. The van der Waals surface area contributed by atoms with Crippen molar-refractivity contribution >= 4 is 5.97 Å². The summed E-state index contributed by atoms with van der Waals surface area (Å²) in [6.45, 7) is 0. The minimum absolute atomic E-state index is 0.395. The van der Waals surface area contributed by atoms with Crippen LogP contribution in [0.1, 0.15) is 10.4 Å². The molecule has 1 N–H and O–H groups in total. The van der Waals surface area contributed by atoms with E-state index in [1.807, 2.05) is 30.3 Å². The Morgan fingerprint density at radius 1 is 1.09 bits per heavy atom. The Bertz CT molecular complexity index is 831. The van der Waals surface area contributed by atoms with Crippen LogP contribution in [-0.4, -0.2) is 40.8 Å². The predicted molar refractivity (Wildman–Crippen MR) is 82.9 cm³/mol. The van der Waals surface area contributed by atoms with Gasteiger partial charge < -0.3 is 9.47 Å².